The molecule has 32 heavy (non-hydrogen) atoms. The molecular formula is C30H50O2. The third-order valence-electron chi connectivity index (χ3n) is 8.15. The Balaban J connectivity index is 1.22. The van der Waals surface area contributed by atoms with Gasteiger partial charge in [-0.05, 0) is 73.6 Å². The predicted octanol–water partition coefficient (Wildman–Crippen LogP) is 9.22. The van der Waals surface area contributed by atoms with Crippen LogP contribution in [0.2, 0.25) is 0 Å². The van der Waals surface area contributed by atoms with Gasteiger partial charge in [-0.15, -0.1) is 0 Å². The van der Waals surface area contributed by atoms with E-state index < -0.39 is 0 Å². The minimum absolute atomic E-state index is 0.741. The number of benzene rings is 1. The van der Waals surface area contributed by atoms with E-state index >= 15 is 0 Å². The molecule has 2 aliphatic rings. The van der Waals surface area contributed by atoms with Gasteiger partial charge in [0.2, 0.25) is 0 Å². The van der Waals surface area contributed by atoms with E-state index in [0.29, 0.717) is 0 Å². The number of ether oxygens (including phenoxy) is 2. The van der Waals surface area contributed by atoms with Gasteiger partial charge in [-0.3, -0.25) is 0 Å². The summed E-state index contributed by atoms with van der Waals surface area (Å²) in [4.78, 5) is 0. The quantitative estimate of drug-likeness (QED) is 0.267. The topological polar surface area (TPSA) is 18.5 Å². The average Bonchev–Trinajstić information content (AvgIpc) is 2.83. The van der Waals surface area contributed by atoms with E-state index in [-0.39, 0.29) is 0 Å². The largest absolute Gasteiger partial charge is 0.494 e. The van der Waals surface area contributed by atoms with Gasteiger partial charge in [0.05, 0.1) is 13.2 Å². The highest BCUT2D eigenvalue weighted by molar-refractivity contribution is 5.31. The van der Waals surface area contributed by atoms with Crippen molar-refractivity contribution in [2.24, 2.45) is 23.7 Å². The first-order valence-electron chi connectivity index (χ1n) is 14.1. The van der Waals surface area contributed by atoms with Crippen LogP contribution < -0.4 is 9.47 Å². The van der Waals surface area contributed by atoms with Crippen LogP contribution in [0.3, 0.4) is 0 Å². The zero-order valence-electron chi connectivity index (χ0n) is 21.2. The van der Waals surface area contributed by atoms with Gasteiger partial charge in [-0.25, -0.2) is 0 Å². The van der Waals surface area contributed by atoms with Crippen molar-refractivity contribution in [2.45, 2.75) is 117 Å². The second-order valence-electron chi connectivity index (χ2n) is 11.0. The molecule has 182 valence electrons. The predicted molar refractivity (Wildman–Crippen MR) is 137 cm³/mol. The summed E-state index contributed by atoms with van der Waals surface area (Å²) in [5, 5.41) is 0. The normalized spacial score (nSPS) is 26.1. The first-order valence-corrected chi connectivity index (χ1v) is 14.1. The minimum Gasteiger partial charge on any atom is -0.494 e. The number of hydrogen-bond donors (Lipinski definition) is 0. The summed E-state index contributed by atoms with van der Waals surface area (Å²) >= 11 is 0. The summed E-state index contributed by atoms with van der Waals surface area (Å²) in [6.07, 6.45) is 22.3. The lowest BCUT2D eigenvalue weighted by atomic mass is 9.80. The van der Waals surface area contributed by atoms with Crippen molar-refractivity contribution in [3.63, 3.8) is 0 Å². The molecule has 0 saturated heterocycles. The van der Waals surface area contributed by atoms with Gasteiger partial charge in [0, 0.05) is 0 Å². The van der Waals surface area contributed by atoms with Crippen LogP contribution in [0.15, 0.2) is 24.3 Å². The smallest absolute Gasteiger partial charge is 0.119 e. The number of rotatable bonds is 14. The molecule has 0 aromatic heterocycles. The average molecular weight is 443 g/mol. The molecule has 0 amide bonds. The van der Waals surface area contributed by atoms with Crippen molar-refractivity contribution in [2.75, 3.05) is 13.2 Å². The fraction of sp³-hybridized carbons (Fsp3) is 0.800. The van der Waals surface area contributed by atoms with Crippen molar-refractivity contribution in [3.05, 3.63) is 24.3 Å². The molecule has 2 nitrogen and oxygen atoms in total. The lowest BCUT2D eigenvalue weighted by Gasteiger charge is -2.28. The van der Waals surface area contributed by atoms with Crippen molar-refractivity contribution < 1.29 is 9.47 Å². The highest BCUT2D eigenvalue weighted by Crippen LogP contribution is 2.33. The fourth-order valence-corrected chi connectivity index (χ4v) is 5.75. The molecule has 0 bridgehead atoms. The molecule has 0 aliphatic heterocycles. The second-order valence-corrected chi connectivity index (χ2v) is 11.0. The van der Waals surface area contributed by atoms with Crippen LogP contribution in [0, 0.1) is 23.7 Å². The lowest BCUT2D eigenvalue weighted by molar-refractivity contribution is 0.177. The molecule has 1 aromatic carbocycles. The Morgan fingerprint density at radius 3 is 1.81 bits per heavy atom. The number of hydrogen-bond acceptors (Lipinski definition) is 2. The SMILES string of the molecule is CCCCCCC[C@H]1CC[C@H](COc2ccc(OCCC[C@H]3CC[C@H](C)CC3)cc2)CC1. The molecule has 2 saturated carbocycles. The molecule has 2 aliphatic carbocycles. The van der Waals surface area contributed by atoms with Gasteiger partial charge in [0.25, 0.3) is 0 Å². The van der Waals surface area contributed by atoms with E-state index in [1.54, 1.807) is 0 Å². The Morgan fingerprint density at radius 2 is 1.16 bits per heavy atom. The van der Waals surface area contributed by atoms with E-state index in [0.717, 1.165) is 48.4 Å². The van der Waals surface area contributed by atoms with E-state index in [2.05, 4.69) is 38.1 Å². The lowest BCUT2D eigenvalue weighted by Crippen LogP contribution is -2.20. The molecule has 0 spiro atoms. The molecule has 2 fully saturated rings. The maximum Gasteiger partial charge on any atom is 0.119 e. The van der Waals surface area contributed by atoms with Gasteiger partial charge in [0.15, 0.2) is 0 Å². The van der Waals surface area contributed by atoms with Crippen LogP contribution in [0.5, 0.6) is 11.5 Å². The second kappa shape index (κ2) is 14.9. The first-order chi connectivity index (χ1) is 15.7. The third kappa shape index (κ3) is 9.75. The summed E-state index contributed by atoms with van der Waals surface area (Å²) < 4.78 is 12.1. The maximum atomic E-state index is 6.12. The summed E-state index contributed by atoms with van der Waals surface area (Å²) in [6, 6.07) is 8.32. The van der Waals surface area contributed by atoms with Gasteiger partial charge in [-0.1, -0.05) is 90.9 Å². The molecule has 1 aromatic rings. The monoisotopic (exact) mass is 442 g/mol. The molecule has 0 atom stereocenters. The van der Waals surface area contributed by atoms with Crippen molar-refractivity contribution in [1.29, 1.82) is 0 Å². The molecule has 2 heteroatoms. The Labute approximate surface area is 198 Å². The molecule has 0 N–H and O–H groups in total. The minimum atomic E-state index is 0.741. The number of unbranched alkanes of at least 4 members (excludes halogenated alkanes) is 4. The van der Waals surface area contributed by atoms with Gasteiger partial charge in [0.1, 0.15) is 11.5 Å². The molecular weight excluding hydrogens is 392 g/mol. The molecule has 3 rings (SSSR count). The Bertz CT molecular complexity index is 579. The van der Waals surface area contributed by atoms with Crippen LogP contribution in [0.4, 0.5) is 0 Å². The van der Waals surface area contributed by atoms with Crippen molar-refractivity contribution in [1.82, 2.24) is 0 Å². The standard InChI is InChI=1S/C30H50O2/c1-3-4-5-6-7-9-26-15-17-28(18-16-26)24-32-30-21-19-29(20-22-30)31-23-8-10-27-13-11-25(2)12-14-27/h19-22,25-28H,3-18,23-24H2,1-2H3/t25-,26-,27-,28-. The zero-order chi connectivity index (χ0) is 22.4. The summed E-state index contributed by atoms with van der Waals surface area (Å²) in [7, 11) is 0. The van der Waals surface area contributed by atoms with Crippen LogP contribution in [0.25, 0.3) is 0 Å². The van der Waals surface area contributed by atoms with Gasteiger partial charge in [-0.2, -0.15) is 0 Å². The van der Waals surface area contributed by atoms with Crippen molar-refractivity contribution >= 4 is 0 Å². The Kier molecular flexibility index (Phi) is 11.8. The van der Waals surface area contributed by atoms with Crippen LogP contribution >= 0.6 is 0 Å². The highest BCUT2D eigenvalue weighted by Gasteiger charge is 2.21. The highest BCUT2D eigenvalue weighted by atomic mass is 16.5. The third-order valence-corrected chi connectivity index (χ3v) is 8.15. The van der Waals surface area contributed by atoms with Crippen LogP contribution in [-0.4, -0.2) is 13.2 Å². The van der Waals surface area contributed by atoms with E-state index in [4.69, 9.17) is 9.47 Å². The maximum absolute atomic E-state index is 6.12. The molecule has 0 radical (unpaired) electrons. The summed E-state index contributed by atoms with van der Waals surface area (Å²) in [5.41, 5.74) is 0. The first kappa shape index (κ1) is 25.4. The van der Waals surface area contributed by atoms with E-state index in [9.17, 15) is 0 Å². The summed E-state index contributed by atoms with van der Waals surface area (Å²) in [5.74, 6) is 5.58. The van der Waals surface area contributed by atoms with Gasteiger partial charge >= 0.3 is 0 Å². The van der Waals surface area contributed by atoms with E-state index in [1.165, 1.54) is 103 Å². The van der Waals surface area contributed by atoms with Gasteiger partial charge < -0.3 is 9.47 Å². The Hall–Kier alpha value is -1.18. The molecule has 0 heterocycles. The zero-order valence-corrected chi connectivity index (χ0v) is 21.2. The summed E-state index contributed by atoms with van der Waals surface area (Å²) in [6.45, 7) is 6.41. The fourth-order valence-electron chi connectivity index (χ4n) is 5.75. The van der Waals surface area contributed by atoms with Crippen molar-refractivity contribution in [3.8, 4) is 11.5 Å². The van der Waals surface area contributed by atoms with E-state index in [1.807, 2.05) is 0 Å². The van der Waals surface area contributed by atoms with Crippen LogP contribution in [0.1, 0.15) is 117 Å². The van der Waals surface area contributed by atoms with Crippen LogP contribution in [-0.2, 0) is 0 Å². The Morgan fingerprint density at radius 1 is 0.625 bits per heavy atom. The molecule has 0 unspecified atom stereocenters.